The van der Waals surface area contributed by atoms with Crippen LogP contribution in [0.5, 0.6) is 0 Å². The van der Waals surface area contributed by atoms with Gasteiger partial charge in [-0.05, 0) is 30.6 Å². The van der Waals surface area contributed by atoms with Crippen LogP contribution >= 0.6 is 0 Å². The van der Waals surface area contributed by atoms with Gasteiger partial charge in [0.25, 0.3) is 0 Å². The molecule has 1 aliphatic rings. The maximum Gasteiger partial charge on any atom is 0.00416 e. The average molecular weight is 197 g/mol. The van der Waals surface area contributed by atoms with Gasteiger partial charge in [0, 0.05) is 6.04 Å². The lowest BCUT2D eigenvalue weighted by molar-refractivity contribution is 0.326. The molecule has 1 unspecified atom stereocenters. The molecule has 0 aliphatic heterocycles. The first-order chi connectivity index (χ1) is 6.47. The van der Waals surface area contributed by atoms with Crippen molar-refractivity contribution in [3.63, 3.8) is 0 Å². The highest BCUT2D eigenvalue weighted by Gasteiger charge is 2.19. The van der Waals surface area contributed by atoms with Gasteiger partial charge in [-0.1, -0.05) is 46.5 Å². The summed E-state index contributed by atoms with van der Waals surface area (Å²) in [6, 6.07) is 0.456. The van der Waals surface area contributed by atoms with Gasteiger partial charge in [0.05, 0.1) is 0 Å². The van der Waals surface area contributed by atoms with E-state index < -0.39 is 0 Å². The number of nitrogens with two attached hydrogens (primary N) is 1. The van der Waals surface area contributed by atoms with Gasteiger partial charge in [-0.2, -0.15) is 0 Å². The topological polar surface area (TPSA) is 26.0 Å². The maximum absolute atomic E-state index is 6.16. The van der Waals surface area contributed by atoms with Gasteiger partial charge in [0.2, 0.25) is 0 Å². The molecule has 1 saturated carbocycles. The van der Waals surface area contributed by atoms with Gasteiger partial charge in [-0.3, -0.25) is 0 Å². The molecule has 1 fully saturated rings. The Morgan fingerprint density at radius 1 is 1.21 bits per heavy atom. The Kier molecular flexibility index (Phi) is 4.43. The standard InChI is InChI=1S/C13H27N/c1-13(2,3)9-8-12(14)10-11-6-4-5-7-11/h11-12H,4-10,14H2,1-3H3. The van der Waals surface area contributed by atoms with E-state index in [2.05, 4.69) is 20.8 Å². The molecule has 1 atom stereocenters. The lowest BCUT2D eigenvalue weighted by atomic mass is 9.86. The van der Waals surface area contributed by atoms with E-state index in [1.54, 1.807) is 0 Å². The van der Waals surface area contributed by atoms with E-state index in [-0.39, 0.29) is 0 Å². The lowest BCUT2D eigenvalue weighted by Gasteiger charge is -2.22. The number of rotatable bonds is 4. The molecule has 0 aromatic heterocycles. The Balaban J connectivity index is 2.12. The summed E-state index contributed by atoms with van der Waals surface area (Å²) in [6.45, 7) is 6.90. The normalized spacial score (nSPS) is 21.4. The van der Waals surface area contributed by atoms with Crippen LogP contribution in [0.1, 0.15) is 65.7 Å². The summed E-state index contributed by atoms with van der Waals surface area (Å²) in [7, 11) is 0. The van der Waals surface area contributed by atoms with Crippen molar-refractivity contribution >= 4 is 0 Å². The molecule has 1 heteroatoms. The van der Waals surface area contributed by atoms with Gasteiger partial charge >= 0.3 is 0 Å². The zero-order valence-electron chi connectivity index (χ0n) is 10.2. The molecular weight excluding hydrogens is 170 g/mol. The molecule has 14 heavy (non-hydrogen) atoms. The van der Waals surface area contributed by atoms with Crippen LogP contribution in [0.25, 0.3) is 0 Å². The van der Waals surface area contributed by atoms with Crippen molar-refractivity contribution in [3.05, 3.63) is 0 Å². The van der Waals surface area contributed by atoms with Gasteiger partial charge in [-0.25, -0.2) is 0 Å². The largest absolute Gasteiger partial charge is 0.328 e. The summed E-state index contributed by atoms with van der Waals surface area (Å²) in [4.78, 5) is 0. The van der Waals surface area contributed by atoms with Crippen molar-refractivity contribution in [2.45, 2.75) is 71.8 Å². The van der Waals surface area contributed by atoms with Crippen LogP contribution in [0.4, 0.5) is 0 Å². The highest BCUT2D eigenvalue weighted by atomic mass is 14.6. The average Bonchev–Trinajstić information content (AvgIpc) is 2.52. The second-order valence-electron chi connectivity index (χ2n) is 6.25. The predicted octanol–water partition coefficient (Wildman–Crippen LogP) is 3.72. The van der Waals surface area contributed by atoms with Gasteiger partial charge in [-0.15, -0.1) is 0 Å². The molecule has 1 nitrogen and oxygen atoms in total. The third-order valence-electron chi connectivity index (χ3n) is 3.38. The third-order valence-corrected chi connectivity index (χ3v) is 3.38. The summed E-state index contributed by atoms with van der Waals surface area (Å²) in [5, 5.41) is 0. The highest BCUT2D eigenvalue weighted by molar-refractivity contribution is 4.75. The first-order valence-corrected chi connectivity index (χ1v) is 6.23. The maximum atomic E-state index is 6.16. The minimum atomic E-state index is 0.452. The van der Waals surface area contributed by atoms with Crippen molar-refractivity contribution in [2.24, 2.45) is 17.1 Å². The minimum absolute atomic E-state index is 0.452. The Labute approximate surface area is 89.5 Å². The van der Waals surface area contributed by atoms with E-state index in [9.17, 15) is 0 Å². The predicted molar refractivity (Wildman–Crippen MR) is 63.2 cm³/mol. The Hall–Kier alpha value is -0.0400. The summed E-state index contributed by atoms with van der Waals surface area (Å²) >= 11 is 0. The quantitative estimate of drug-likeness (QED) is 0.730. The second-order valence-corrected chi connectivity index (χ2v) is 6.25. The molecule has 1 rings (SSSR count). The van der Waals surface area contributed by atoms with E-state index in [4.69, 9.17) is 5.73 Å². The molecule has 0 saturated heterocycles. The number of hydrogen-bond donors (Lipinski definition) is 1. The van der Waals surface area contributed by atoms with E-state index in [0.29, 0.717) is 11.5 Å². The minimum Gasteiger partial charge on any atom is -0.328 e. The van der Waals surface area contributed by atoms with Crippen molar-refractivity contribution < 1.29 is 0 Å². The molecule has 1 aliphatic carbocycles. The molecule has 0 aromatic rings. The molecule has 84 valence electrons. The summed E-state index contributed by atoms with van der Waals surface area (Å²) in [5.41, 5.74) is 6.61. The van der Waals surface area contributed by atoms with E-state index in [1.165, 1.54) is 44.9 Å². The van der Waals surface area contributed by atoms with Crippen LogP contribution in [-0.2, 0) is 0 Å². The summed E-state index contributed by atoms with van der Waals surface area (Å²) in [6.07, 6.45) is 9.50. The van der Waals surface area contributed by atoms with Crippen LogP contribution in [0.15, 0.2) is 0 Å². The van der Waals surface area contributed by atoms with Crippen LogP contribution in [-0.4, -0.2) is 6.04 Å². The number of hydrogen-bond acceptors (Lipinski definition) is 1. The molecule has 0 radical (unpaired) electrons. The van der Waals surface area contributed by atoms with Crippen LogP contribution in [0, 0.1) is 11.3 Å². The molecule has 0 amide bonds. The van der Waals surface area contributed by atoms with E-state index in [0.717, 1.165) is 5.92 Å². The van der Waals surface area contributed by atoms with Crippen molar-refractivity contribution in [1.29, 1.82) is 0 Å². The fraction of sp³-hybridized carbons (Fsp3) is 1.00. The molecular formula is C13H27N. The Bertz CT molecular complexity index is 151. The molecule has 0 aromatic carbocycles. The molecule has 0 heterocycles. The van der Waals surface area contributed by atoms with Crippen LogP contribution in [0.2, 0.25) is 0 Å². The van der Waals surface area contributed by atoms with E-state index >= 15 is 0 Å². The SMILES string of the molecule is CC(C)(C)CCC(N)CC1CCCC1. The Morgan fingerprint density at radius 3 is 2.29 bits per heavy atom. The summed E-state index contributed by atoms with van der Waals surface area (Å²) in [5.74, 6) is 0.949. The zero-order chi connectivity index (χ0) is 10.6. The first kappa shape index (κ1) is 12.0. The van der Waals surface area contributed by atoms with Gasteiger partial charge < -0.3 is 5.73 Å². The molecule has 0 spiro atoms. The third kappa shape index (κ3) is 4.99. The smallest absolute Gasteiger partial charge is 0.00416 e. The lowest BCUT2D eigenvalue weighted by Crippen LogP contribution is -2.24. The van der Waals surface area contributed by atoms with Gasteiger partial charge in [0.1, 0.15) is 0 Å². The van der Waals surface area contributed by atoms with Crippen molar-refractivity contribution in [2.75, 3.05) is 0 Å². The Morgan fingerprint density at radius 2 is 1.79 bits per heavy atom. The van der Waals surface area contributed by atoms with Crippen molar-refractivity contribution in [3.8, 4) is 0 Å². The second kappa shape index (κ2) is 5.16. The van der Waals surface area contributed by atoms with Crippen LogP contribution < -0.4 is 5.73 Å². The van der Waals surface area contributed by atoms with Crippen molar-refractivity contribution in [1.82, 2.24) is 0 Å². The van der Waals surface area contributed by atoms with Gasteiger partial charge in [0.15, 0.2) is 0 Å². The fourth-order valence-corrected chi connectivity index (χ4v) is 2.41. The van der Waals surface area contributed by atoms with E-state index in [1.807, 2.05) is 0 Å². The molecule has 0 bridgehead atoms. The van der Waals surface area contributed by atoms with Crippen LogP contribution in [0.3, 0.4) is 0 Å². The summed E-state index contributed by atoms with van der Waals surface area (Å²) < 4.78 is 0. The highest BCUT2D eigenvalue weighted by Crippen LogP contribution is 2.30. The monoisotopic (exact) mass is 197 g/mol. The fourth-order valence-electron chi connectivity index (χ4n) is 2.41. The zero-order valence-corrected chi connectivity index (χ0v) is 10.2. The first-order valence-electron chi connectivity index (χ1n) is 6.23. The molecule has 2 N–H and O–H groups in total.